The Labute approximate surface area is 61.1 Å². The molecule has 0 aromatic carbocycles. The van der Waals surface area contributed by atoms with Crippen molar-refractivity contribution in [2.75, 3.05) is 0 Å². The molecular formula is C9H12O. The second-order valence-electron chi connectivity index (χ2n) is 3.55. The molecule has 0 atom stereocenters. The van der Waals surface area contributed by atoms with Gasteiger partial charge in [-0.2, -0.15) is 0 Å². The smallest absolute Gasteiger partial charge is 0.129 e. The van der Waals surface area contributed by atoms with E-state index < -0.39 is 0 Å². The summed E-state index contributed by atoms with van der Waals surface area (Å²) in [5.74, 6) is 0.793. The van der Waals surface area contributed by atoms with Crippen molar-refractivity contribution in [3.63, 3.8) is 0 Å². The zero-order valence-electron chi connectivity index (χ0n) is 6.05. The molecule has 0 N–H and O–H groups in total. The van der Waals surface area contributed by atoms with Gasteiger partial charge in [-0.25, -0.2) is 0 Å². The number of carbonyl (C=O) groups is 1. The van der Waals surface area contributed by atoms with Crippen LogP contribution in [0.3, 0.4) is 0 Å². The van der Waals surface area contributed by atoms with Crippen LogP contribution < -0.4 is 0 Å². The summed E-state index contributed by atoms with van der Waals surface area (Å²) in [5.41, 5.74) is -0.0330. The van der Waals surface area contributed by atoms with Gasteiger partial charge in [0.25, 0.3) is 0 Å². The number of aldehydes is 1. The van der Waals surface area contributed by atoms with E-state index in [1.54, 1.807) is 0 Å². The molecule has 1 saturated carbocycles. The highest BCUT2D eigenvalue weighted by Gasteiger charge is 2.35. The van der Waals surface area contributed by atoms with E-state index in [1.807, 2.05) is 0 Å². The number of allylic oxidation sites excluding steroid dienone is 2. The Hall–Kier alpha value is -0.590. The van der Waals surface area contributed by atoms with E-state index in [1.165, 1.54) is 12.8 Å². The molecular weight excluding hydrogens is 124 g/mol. The molecule has 3 aliphatic rings. The van der Waals surface area contributed by atoms with Crippen LogP contribution in [-0.2, 0) is 4.79 Å². The van der Waals surface area contributed by atoms with Crippen LogP contribution in [0.25, 0.3) is 0 Å². The topological polar surface area (TPSA) is 17.1 Å². The zero-order valence-corrected chi connectivity index (χ0v) is 6.05. The predicted octanol–water partition coefficient (Wildman–Crippen LogP) is 1.93. The molecule has 1 fully saturated rings. The Morgan fingerprint density at radius 3 is 2.40 bits per heavy atom. The highest BCUT2D eigenvalue weighted by molar-refractivity contribution is 5.63. The third kappa shape index (κ3) is 0.731. The van der Waals surface area contributed by atoms with Crippen molar-refractivity contribution in [3.05, 3.63) is 12.2 Å². The van der Waals surface area contributed by atoms with Gasteiger partial charge in [-0.05, 0) is 31.6 Å². The predicted molar refractivity (Wildman–Crippen MR) is 39.6 cm³/mol. The maximum Gasteiger partial charge on any atom is 0.129 e. The van der Waals surface area contributed by atoms with E-state index in [2.05, 4.69) is 12.2 Å². The van der Waals surface area contributed by atoms with Crippen LogP contribution in [0.1, 0.15) is 25.7 Å². The van der Waals surface area contributed by atoms with Gasteiger partial charge in [0, 0.05) is 5.41 Å². The zero-order chi connectivity index (χ0) is 7.03. The van der Waals surface area contributed by atoms with Crippen LogP contribution in [0.5, 0.6) is 0 Å². The lowest BCUT2D eigenvalue weighted by atomic mass is 9.66. The molecule has 3 rings (SSSR count). The van der Waals surface area contributed by atoms with Crippen LogP contribution in [0, 0.1) is 11.3 Å². The minimum Gasteiger partial charge on any atom is -0.302 e. The van der Waals surface area contributed by atoms with Gasteiger partial charge < -0.3 is 4.79 Å². The maximum atomic E-state index is 10.7. The van der Waals surface area contributed by atoms with Crippen molar-refractivity contribution in [1.82, 2.24) is 0 Å². The lowest BCUT2D eigenvalue weighted by molar-refractivity contribution is -0.116. The number of rotatable bonds is 1. The third-order valence-electron chi connectivity index (χ3n) is 2.90. The van der Waals surface area contributed by atoms with E-state index in [9.17, 15) is 4.79 Å². The van der Waals surface area contributed by atoms with Gasteiger partial charge in [-0.1, -0.05) is 12.2 Å². The minimum absolute atomic E-state index is 0.0330. The summed E-state index contributed by atoms with van der Waals surface area (Å²) in [4.78, 5) is 10.7. The molecule has 0 heterocycles. The molecule has 3 aliphatic carbocycles. The summed E-state index contributed by atoms with van der Waals surface area (Å²) in [6.07, 6.45) is 10.1. The molecule has 0 aromatic heterocycles. The van der Waals surface area contributed by atoms with Crippen LogP contribution in [0.4, 0.5) is 0 Å². The Balaban J connectivity index is 2.30. The average molecular weight is 136 g/mol. The molecule has 1 heteroatoms. The first kappa shape index (κ1) is 6.14. The monoisotopic (exact) mass is 136 g/mol. The van der Waals surface area contributed by atoms with Gasteiger partial charge >= 0.3 is 0 Å². The number of hydrogen-bond acceptors (Lipinski definition) is 1. The summed E-state index contributed by atoms with van der Waals surface area (Å²) in [5, 5.41) is 0. The minimum atomic E-state index is -0.0330. The SMILES string of the molecule is O=CC12C=CC(CC1)CC2. The van der Waals surface area contributed by atoms with Crippen LogP contribution in [-0.4, -0.2) is 6.29 Å². The number of fused-ring (bicyclic) bond motifs is 2. The molecule has 0 amide bonds. The van der Waals surface area contributed by atoms with Gasteiger partial charge in [0.1, 0.15) is 6.29 Å². The molecule has 0 unspecified atom stereocenters. The maximum absolute atomic E-state index is 10.7. The highest BCUT2D eigenvalue weighted by atomic mass is 16.1. The fraction of sp³-hybridized carbons (Fsp3) is 0.667. The molecule has 10 heavy (non-hydrogen) atoms. The first-order valence-corrected chi connectivity index (χ1v) is 4.00. The lowest BCUT2D eigenvalue weighted by Crippen LogP contribution is -2.30. The third-order valence-corrected chi connectivity index (χ3v) is 2.90. The second-order valence-corrected chi connectivity index (χ2v) is 3.55. The largest absolute Gasteiger partial charge is 0.302 e. The van der Waals surface area contributed by atoms with Gasteiger partial charge in [0.05, 0.1) is 0 Å². The summed E-state index contributed by atoms with van der Waals surface area (Å²) < 4.78 is 0. The average Bonchev–Trinajstić information content (AvgIpc) is 2.08. The van der Waals surface area contributed by atoms with Gasteiger partial charge in [-0.15, -0.1) is 0 Å². The molecule has 0 saturated heterocycles. The summed E-state index contributed by atoms with van der Waals surface area (Å²) >= 11 is 0. The lowest BCUT2D eigenvalue weighted by Gasteiger charge is -2.37. The van der Waals surface area contributed by atoms with E-state index in [4.69, 9.17) is 0 Å². The molecule has 0 aromatic rings. The fourth-order valence-corrected chi connectivity index (χ4v) is 2.02. The van der Waals surface area contributed by atoms with Gasteiger partial charge in [0.15, 0.2) is 0 Å². The molecule has 2 bridgehead atoms. The summed E-state index contributed by atoms with van der Waals surface area (Å²) in [7, 11) is 0. The fourth-order valence-electron chi connectivity index (χ4n) is 2.02. The van der Waals surface area contributed by atoms with Crippen LogP contribution >= 0.6 is 0 Å². The van der Waals surface area contributed by atoms with Crippen molar-refractivity contribution in [2.24, 2.45) is 11.3 Å². The van der Waals surface area contributed by atoms with Crippen LogP contribution in [0.15, 0.2) is 12.2 Å². The molecule has 1 nitrogen and oxygen atoms in total. The van der Waals surface area contributed by atoms with Crippen molar-refractivity contribution >= 4 is 6.29 Å². The molecule has 54 valence electrons. The normalized spacial score (nSPS) is 43.8. The van der Waals surface area contributed by atoms with E-state index in [-0.39, 0.29) is 5.41 Å². The summed E-state index contributed by atoms with van der Waals surface area (Å²) in [6.45, 7) is 0. The Morgan fingerprint density at radius 1 is 1.40 bits per heavy atom. The van der Waals surface area contributed by atoms with Crippen molar-refractivity contribution < 1.29 is 4.79 Å². The number of hydrogen-bond donors (Lipinski definition) is 0. The first-order chi connectivity index (χ1) is 4.85. The van der Waals surface area contributed by atoms with E-state index >= 15 is 0 Å². The van der Waals surface area contributed by atoms with E-state index in [0.29, 0.717) is 0 Å². The Bertz CT molecular complexity index is 173. The van der Waals surface area contributed by atoms with E-state index in [0.717, 1.165) is 25.0 Å². The van der Waals surface area contributed by atoms with Gasteiger partial charge in [0.2, 0.25) is 0 Å². The standard InChI is InChI=1S/C9H12O/c10-7-9-4-1-8(2-5-9)3-6-9/h1,4,7-8H,2-3,5-6H2. The highest BCUT2D eigenvalue weighted by Crippen LogP contribution is 2.43. The van der Waals surface area contributed by atoms with Crippen molar-refractivity contribution in [2.45, 2.75) is 25.7 Å². The number of carbonyl (C=O) groups excluding carboxylic acids is 1. The van der Waals surface area contributed by atoms with Gasteiger partial charge in [-0.3, -0.25) is 0 Å². The van der Waals surface area contributed by atoms with Crippen molar-refractivity contribution in [3.8, 4) is 0 Å². The van der Waals surface area contributed by atoms with Crippen molar-refractivity contribution in [1.29, 1.82) is 0 Å². The quantitative estimate of drug-likeness (QED) is 0.397. The summed E-state index contributed by atoms with van der Waals surface area (Å²) in [6, 6.07) is 0. The first-order valence-electron chi connectivity index (χ1n) is 4.00. The molecule has 0 radical (unpaired) electrons. The Kier molecular flexibility index (Phi) is 1.19. The molecule has 0 aliphatic heterocycles. The second kappa shape index (κ2) is 1.94. The van der Waals surface area contributed by atoms with Crippen LogP contribution in [0.2, 0.25) is 0 Å². The Morgan fingerprint density at radius 2 is 2.10 bits per heavy atom. The molecule has 0 spiro atoms.